The normalized spacial score (nSPS) is 14.6. The molecular weight excluding hydrogens is 298 g/mol. The molecule has 0 aromatic heterocycles. The molecule has 3 nitrogen and oxygen atoms in total. The monoisotopic (exact) mass is 325 g/mol. The van der Waals surface area contributed by atoms with Gasteiger partial charge in [-0.3, -0.25) is 4.79 Å². The van der Waals surface area contributed by atoms with Gasteiger partial charge in [-0.05, 0) is 18.2 Å². The van der Waals surface area contributed by atoms with Crippen molar-refractivity contribution in [2.45, 2.75) is 32.3 Å². The summed E-state index contributed by atoms with van der Waals surface area (Å²) in [4.78, 5) is 12.3. The predicted octanol–water partition coefficient (Wildman–Crippen LogP) is 3.93. The average molecular weight is 325 g/mol. The van der Waals surface area contributed by atoms with Crippen LogP contribution in [0.25, 0.3) is 0 Å². The molecule has 0 heterocycles. The van der Waals surface area contributed by atoms with Gasteiger partial charge in [0.15, 0.2) is 0 Å². The molecule has 0 aliphatic heterocycles. The van der Waals surface area contributed by atoms with Gasteiger partial charge >= 0.3 is 5.97 Å². The van der Waals surface area contributed by atoms with Gasteiger partial charge < -0.3 is 10.1 Å². The van der Waals surface area contributed by atoms with Gasteiger partial charge in [0.2, 0.25) is 0 Å². The van der Waals surface area contributed by atoms with E-state index in [4.69, 9.17) is 4.74 Å². The summed E-state index contributed by atoms with van der Waals surface area (Å²) >= 11 is 0. The third-order valence-corrected chi connectivity index (χ3v) is 4.46. The van der Waals surface area contributed by atoms with Gasteiger partial charge in [0, 0.05) is 25.3 Å². The Morgan fingerprint density at radius 2 is 1.67 bits per heavy atom. The van der Waals surface area contributed by atoms with Crippen LogP contribution in [-0.2, 0) is 21.6 Å². The topological polar surface area (TPSA) is 38.3 Å². The molecule has 2 aromatic rings. The number of benzene rings is 2. The highest BCUT2D eigenvalue weighted by molar-refractivity contribution is 5.69. The third kappa shape index (κ3) is 4.24. The van der Waals surface area contributed by atoms with Gasteiger partial charge in [0.05, 0.1) is 0 Å². The van der Waals surface area contributed by atoms with E-state index >= 15 is 0 Å². The summed E-state index contributed by atoms with van der Waals surface area (Å²) in [5.74, 6) is -0.0432. The molecule has 0 saturated heterocycles. The van der Waals surface area contributed by atoms with Crippen LogP contribution in [0.4, 0.5) is 0 Å². The van der Waals surface area contributed by atoms with Crippen molar-refractivity contribution in [2.24, 2.45) is 5.92 Å². The minimum atomic E-state index is -0.682. The lowest BCUT2D eigenvalue weighted by Gasteiger charge is -2.39. The fourth-order valence-corrected chi connectivity index (χ4v) is 3.12. The summed E-state index contributed by atoms with van der Waals surface area (Å²) < 4.78 is 6.11. The lowest BCUT2D eigenvalue weighted by atomic mass is 9.77. The molecule has 0 aliphatic rings. The Morgan fingerprint density at radius 3 is 2.21 bits per heavy atom. The molecule has 24 heavy (non-hydrogen) atoms. The molecule has 3 heteroatoms. The van der Waals surface area contributed by atoms with E-state index in [-0.39, 0.29) is 11.9 Å². The van der Waals surface area contributed by atoms with Gasteiger partial charge in [-0.2, -0.15) is 0 Å². The van der Waals surface area contributed by atoms with Crippen LogP contribution in [0.15, 0.2) is 60.7 Å². The van der Waals surface area contributed by atoms with Crippen LogP contribution >= 0.6 is 0 Å². The molecule has 0 unspecified atom stereocenters. The Morgan fingerprint density at radius 1 is 1.08 bits per heavy atom. The molecule has 0 saturated carbocycles. The maximum absolute atomic E-state index is 12.3. The van der Waals surface area contributed by atoms with Crippen molar-refractivity contribution < 1.29 is 9.53 Å². The standard InChI is InChI=1S/C21H27NO2/c1-4-20(23)24-21(17(2)16-22-3,19-13-9-6-10-14-19)15-18-11-7-5-8-12-18/h5-14,17,22H,4,15-16H2,1-3H3/t17-,21-/m1/s1. The van der Waals surface area contributed by atoms with E-state index in [1.165, 1.54) is 0 Å². The Bertz CT molecular complexity index is 627. The quantitative estimate of drug-likeness (QED) is 0.747. The number of hydrogen-bond acceptors (Lipinski definition) is 3. The molecule has 0 radical (unpaired) electrons. The molecule has 0 spiro atoms. The first-order chi connectivity index (χ1) is 11.6. The molecular formula is C21H27NO2. The minimum absolute atomic E-state index is 0.126. The molecule has 0 amide bonds. The fraction of sp³-hybridized carbons (Fsp3) is 0.381. The summed E-state index contributed by atoms with van der Waals surface area (Å²) in [6.45, 7) is 4.73. The van der Waals surface area contributed by atoms with Crippen molar-refractivity contribution in [3.63, 3.8) is 0 Å². The predicted molar refractivity (Wildman–Crippen MR) is 97.7 cm³/mol. The first-order valence-electron chi connectivity index (χ1n) is 8.58. The lowest BCUT2D eigenvalue weighted by molar-refractivity contribution is -0.167. The van der Waals surface area contributed by atoms with Crippen LogP contribution in [0.2, 0.25) is 0 Å². The second kappa shape index (κ2) is 8.65. The lowest BCUT2D eigenvalue weighted by Crippen LogP contribution is -2.44. The summed E-state index contributed by atoms with van der Waals surface area (Å²) in [5.41, 5.74) is 1.52. The molecule has 0 aliphatic carbocycles. The van der Waals surface area contributed by atoms with Crippen LogP contribution in [0.3, 0.4) is 0 Å². The Balaban J connectivity index is 2.51. The van der Waals surface area contributed by atoms with Crippen LogP contribution in [0.5, 0.6) is 0 Å². The smallest absolute Gasteiger partial charge is 0.306 e. The number of carbonyl (C=O) groups excluding carboxylic acids is 1. The molecule has 2 aromatic carbocycles. The Labute approximate surface area is 145 Å². The maximum atomic E-state index is 12.3. The van der Waals surface area contributed by atoms with E-state index in [9.17, 15) is 4.79 Å². The zero-order chi connectivity index (χ0) is 17.4. The maximum Gasteiger partial charge on any atom is 0.306 e. The molecule has 2 atom stereocenters. The largest absolute Gasteiger partial charge is 0.453 e. The number of carbonyl (C=O) groups is 1. The fourth-order valence-electron chi connectivity index (χ4n) is 3.12. The van der Waals surface area contributed by atoms with Gasteiger partial charge in [0.25, 0.3) is 0 Å². The van der Waals surface area contributed by atoms with Crippen LogP contribution in [0.1, 0.15) is 31.4 Å². The first kappa shape index (κ1) is 18.2. The molecule has 1 N–H and O–H groups in total. The summed E-state index contributed by atoms with van der Waals surface area (Å²) in [5, 5.41) is 3.23. The number of rotatable bonds is 8. The SMILES string of the molecule is CCC(=O)O[C@@](Cc1ccccc1)(c1ccccc1)[C@H](C)CNC. The van der Waals surface area contributed by atoms with Crippen LogP contribution in [-0.4, -0.2) is 19.6 Å². The second-order valence-electron chi connectivity index (χ2n) is 6.20. The molecule has 0 fully saturated rings. The van der Waals surface area contributed by atoms with Gasteiger partial charge in [-0.25, -0.2) is 0 Å². The van der Waals surface area contributed by atoms with Crippen molar-refractivity contribution in [2.75, 3.05) is 13.6 Å². The minimum Gasteiger partial charge on any atom is -0.453 e. The summed E-state index contributed by atoms with van der Waals surface area (Å²) in [7, 11) is 1.93. The van der Waals surface area contributed by atoms with Crippen LogP contribution < -0.4 is 5.32 Å². The molecule has 128 valence electrons. The highest BCUT2D eigenvalue weighted by Crippen LogP contribution is 2.37. The first-order valence-corrected chi connectivity index (χ1v) is 8.58. The van der Waals surface area contributed by atoms with E-state index in [0.717, 1.165) is 17.7 Å². The van der Waals surface area contributed by atoms with Crippen molar-refractivity contribution in [1.29, 1.82) is 0 Å². The van der Waals surface area contributed by atoms with E-state index in [2.05, 4.69) is 36.5 Å². The highest BCUT2D eigenvalue weighted by atomic mass is 16.6. The van der Waals surface area contributed by atoms with Crippen molar-refractivity contribution >= 4 is 5.97 Å². The van der Waals surface area contributed by atoms with E-state index < -0.39 is 5.60 Å². The van der Waals surface area contributed by atoms with Gasteiger partial charge in [-0.15, -0.1) is 0 Å². The Hall–Kier alpha value is -2.13. The van der Waals surface area contributed by atoms with Gasteiger partial charge in [0.1, 0.15) is 5.60 Å². The highest BCUT2D eigenvalue weighted by Gasteiger charge is 2.41. The van der Waals surface area contributed by atoms with Gasteiger partial charge in [-0.1, -0.05) is 74.5 Å². The summed E-state index contributed by atoms with van der Waals surface area (Å²) in [6.07, 6.45) is 1.03. The number of ether oxygens (including phenoxy) is 1. The van der Waals surface area contributed by atoms with E-state index in [1.807, 2.05) is 50.4 Å². The average Bonchev–Trinajstić information content (AvgIpc) is 2.62. The summed E-state index contributed by atoms with van der Waals surface area (Å²) in [6, 6.07) is 20.3. The third-order valence-electron chi connectivity index (χ3n) is 4.46. The Kier molecular flexibility index (Phi) is 6.56. The van der Waals surface area contributed by atoms with E-state index in [0.29, 0.717) is 12.8 Å². The molecule has 0 bridgehead atoms. The number of nitrogens with one attached hydrogen (secondary N) is 1. The zero-order valence-electron chi connectivity index (χ0n) is 14.8. The number of esters is 1. The molecule has 2 rings (SSSR count). The second-order valence-corrected chi connectivity index (χ2v) is 6.20. The van der Waals surface area contributed by atoms with Crippen LogP contribution in [0, 0.1) is 5.92 Å². The van der Waals surface area contributed by atoms with Crippen molar-refractivity contribution in [1.82, 2.24) is 5.32 Å². The van der Waals surface area contributed by atoms with Crippen molar-refractivity contribution in [3.8, 4) is 0 Å². The van der Waals surface area contributed by atoms with Crippen molar-refractivity contribution in [3.05, 3.63) is 71.8 Å². The zero-order valence-corrected chi connectivity index (χ0v) is 14.8. The number of hydrogen-bond donors (Lipinski definition) is 1. The van der Waals surface area contributed by atoms with E-state index in [1.54, 1.807) is 0 Å².